The average Bonchev–Trinajstić information content (AvgIpc) is 3.91. The molecule has 14 rings (SSSR count). The highest BCUT2D eigenvalue weighted by Crippen LogP contribution is 2.45. The van der Waals surface area contributed by atoms with Crippen LogP contribution >= 0.6 is 0 Å². The Labute approximate surface area is 458 Å². The van der Waals surface area contributed by atoms with Gasteiger partial charge in [0.1, 0.15) is 22.6 Å². The number of nitrogens with zero attached hydrogens (tertiary/aromatic N) is 12. The van der Waals surface area contributed by atoms with Crippen molar-refractivity contribution in [3.05, 3.63) is 256 Å². The van der Waals surface area contributed by atoms with Crippen molar-refractivity contribution >= 4 is 109 Å². The molecule has 368 valence electrons. The Morgan fingerprint density at radius 2 is 0.588 bits per heavy atom. The van der Waals surface area contributed by atoms with Gasteiger partial charge < -0.3 is 24.3 Å². The lowest BCUT2D eigenvalue weighted by molar-refractivity contribution is 1.24. The monoisotopic (exact) mass is 1020 g/mol. The zero-order valence-electron chi connectivity index (χ0n) is 42.2. The lowest BCUT2D eigenvalue weighted by Crippen LogP contribution is -2.11. The maximum Gasteiger partial charge on any atom is 0.307 e. The second-order valence-corrected chi connectivity index (χ2v) is 19.0. The summed E-state index contributed by atoms with van der Waals surface area (Å²) in [4.78, 5) is 44.2. The molecule has 0 amide bonds. The summed E-state index contributed by atoms with van der Waals surface area (Å²) in [5, 5.41) is 10.2. The molecular formula is C68H36N12. The van der Waals surface area contributed by atoms with Gasteiger partial charge in [0.15, 0.2) is 5.69 Å². The zero-order chi connectivity index (χ0) is 53.8. The van der Waals surface area contributed by atoms with Gasteiger partial charge in [-0.2, -0.15) is 5.26 Å². The summed E-state index contributed by atoms with van der Waals surface area (Å²) >= 11 is 0. The maximum atomic E-state index is 10.2. The first kappa shape index (κ1) is 46.6. The van der Waals surface area contributed by atoms with Crippen LogP contribution in [0.15, 0.2) is 194 Å². The molecule has 0 fully saturated rings. The first-order chi connectivity index (χ1) is 39.5. The molecule has 80 heavy (non-hydrogen) atoms. The fourth-order valence-corrected chi connectivity index (χ4v) is 10.7. The third-order valence-corrected chi connectivity index (χ3v) is 14.6. The van der Waals surface area contributed by atoms with E-state index in [1.807, 2.05) is 30.3 Å². The number of nitriles is 1. The van der Waals surface area contributed by atoms with E-state index >= 15 is 0 Å². The highest BCUT2D eigenvalue weighted by molar-refractivity contribution is 6.19. The molecule has 0 bridgehead atoms. The number of aromatic nitrogens is 6. The van der Waals surface area contributed by atoms with Gasteiger partial charge in [0, 0.05) is 22.5 Å². The lowest BCUT2D eigenvalue weighted by atomic mass is 9.97. The lowest BCUT2D eigenvalue weighted by Gasteiger charge is -2.27. The Balaban J connectivity index is 0.885. The molecule has 0 N–H and O–H groups in total. The van der Waals surface area contributed by atoms with Crippen LogP contribution in [0, 0.1) is 31.0 Å². The van der Waals surface area contributed by atoms with Gasteiger partial charge in [-0.25, -0.2) is 15.0 Å². The van der Waals surface area contributed by atoms with E-state index in [0.29, 0.717) is 11.4 Å². The van der Waals surface area contributed by atoms with E-state index in [1.165, 1.54) is 0 Å². The fourth-order valence-electron chi connectivity index (χ4n) is 10.7. The largest absolute Gasteiger partial charge is 0.370 e. The van der Waals surface area contributed by atoms with Crippen molar-refractivity contribution in [2.45, 2.75) is 0 Å². The maximum absolute atomic E-state index is 10.2. The Kier molecular flexibility index (Phi) is 11.1. The molecule has 0 saturated heterocycles. The first-order valence-corrected chi connectivity index (χ1v) is 25.5. The number of anilines is 6. The number of hydrogen-bond acceptors (Lipinski definition) is 9. The van der Waals surface area contributed by atoms with Crippen molar-refractivity contribution in [3.8, 4) is 50.8 Å². The molecule has 12 heteroatoms. The Morgan fingerprint density at radius 3 is 0.912 bits per heavy atom. The summed E-state index contributed by atoms with van der Waals surface area (Å²) in [6, 6.07) is 69.0. The SMILES string of the molecule is [C-]#[N+]c1nc2c(nc1C#N)c1nc(-c3ccc(-c4ccc(N5c6ccccc6C=Cc6ccccc65)cc4)cc3)c(-c3ccc(-c4ccc(N5c6ccccc6C=Cc6ccccc65)cc4)cc3)nc1c1nc([N+]#[C-])c([N+]#[C-])nc21. The minimum Gasteiger partial charge on any atom is -0.370 e. The Bertz CT molecular complexity index is 4400. The smallest absolute Gasteiger partial charge is 0.307 e. The molecule has 12 aromatic rings. The number of fused-ring (bicyclic) bond motifs is 10. The van der Waals surface area contributed by atoms with Crippen molar-refractivity contribution in [1.29, 1.82) is 5.26 Å². The van der Waals surface area contributed by atoms with E-state index in [0.717, 1.165) is 89.8 Å². The summed E-state index contributed by atoms with van der Waals surface area (Å²) in [5.41, 5.74) is 18.2. The van der Waals surface area contributed by atoms with Gasteiger partial charge in [0.2, 0.25) is 11.0 Å². The third-order valence-electron chi connectivity index (χ3n) is 14.6. The first-order valence-electron chi connectivity index (χ1n) is 25.5. The van der Waals surface area contributed by atoms with Gasteiger partial charge >= 0.3 is 5.82 Å². The van der Waals surface area contributed by atoms with Crippen molar-refractivity contribution in [1.82, 2.24) is 29.9 Å². The van der Waals surface area contributed by atoms with Crippen molar-refractivity contribution in [2.24, 2.45) is 0 Å². The minimum atomic E-state index is -0.239. The van der Waals surface area contributed by atoms with Crippen LogP contribution in [0.5, 0.6) is 0 Å². The van der Waals surface area contributed by atoms with Gasteiger partial charge in [-0.1, -0.05) is 190 Å². The van der Waals surface area contributed by atoms with Gasteiger partial charge in [0.05, 0.1) is 34.1 Å². The molecule has 0 spiro atoms. The van der Waals surface area contributed by atoms with Crippen LogP contribution in [0.4, 0.5) is 51.6 Å². The van der Waals surface area contributed by atoms with Gasteiger partial charge in [-0.05, 0) is 93.0 Å². The average molecular weight is 1020 g/mol. The van der Waals surface area contributed by atoms with Gasteiger partial charge in [-0.15, -0.1) is 15.0 Å². The number of rotatable bonds is 6. The van der Waals surface area contributed by atoms with Crippen molar-refractivity contribution in [2.75, 3.05) is 9.80 Å². The zero-order valence-corrected chi connectivity index (χ0v) is 42.2. The van der Waals surface area contributed by atoms with Crippen molar-refractivity contribution in [3.63, 3.8) is 0 Å². The number of benzene rings is 9. The predicted molar refractivity (Wildman–Crippen MR) is 318 cm³/mol. The fraction of sp³-hybridized carbons (Fsp3) is 0. The van der Waals surface area contributed by atoms with E-state index in [4.69, 9.17) is 29.7 Å². The van der Waals surface area contributed by atoms with Crippen molar-refractivity contribution < 1.29 is 0 Å². The molecule has 0 unspecified atom stereocenters. The van der Waals surface area contributed by atoms with E-state index < -0.39 is 0 Å². The van der Waals surface area contributed by atoms with Crippen LogP contribution in [0.2, 0.25) is 0 Å². The molecule has 0 saturated carbocycles. The highest BCUT2D eigenvalue weighted by atomic mass is 15.2. The molecule has 5 heterocycles. The molecule has 2 aliphatic heterocycles. The molecule has 9 aromatic carbocycles. The summed E-state index contributed by atoms with van der Waals surface area (Å²) in [5.74, 6) is -0.692. The molecule has 0 aliphatic carbocycles. The topological polar surface area (TPSA) is 121 Å². The van der Waals surface area contributed by atoms with Crippen LogP contribution < -0.4 is 9.80 Å². The summed E-state index contributed by atoms with van der Waals surface area (Å²) in [7, 11) is 0. The second kappa shape index (κ2) is 19.0. The minimum absolute atomic E-state index is 0.109. The summed E-state index contributed by atoms with van der Waals surface area (Å²) in [6.45, 7) is 23.6. The van der Waals surface area contributed by atoms with Crippen LogP contribution in [0.25, 0.3) is 117 Å². The second-order valence-electron chi connectivity index (χ2n) is 19.0. The number of hydrogen-bond donors (Lipinski definition) is 0. The summed E-state index contributed by atoms with van der Waals surface area (Å²) < 4.78 is 0. The van der Waals surface area contributed by atoms with E-state index in [-0.39, 0.29) is 56.2 Å². The molecule has 3 aromatic heterocycles. The Hall–Kier alpha value is -12.0. The van der Waals surface area contributed by atoms with Crippen LogP contribution in [-0.4, -0.2) is 29.9 Å². The summed E-state index contributed by atoms with van der Waals surface area (Å²) in [6.07, 6.45) is 8.66. The molecule has 2 aliphatic rings. The number of para-hydroxylation sites is 4. The quantitative estimate of drug-likeness (QED) is 0.118. The molecule has 0 atom stereocenters. The van der Waals surface area contributed by atoms with Gasteiger partial charge in [0.25, 0.3) is 17.2 Å². The molecule has 0 radical (unpaired) electrons. The van der Waals surface area contributed by atoms with E-state index in [1.54, 1.807) is 0 Å². The Morgan fingerprint density at radius 1 is 0.312 bits per heavy atom. The third kappa shape index (κ3) is 7.74. The predicted octanol–water partition coefficient (Wildman–Crippen LogP) is 17.6. The highest BCUT2D eigenvalue weighted by Gasteiger charge is 2.30. The van der Waals surface area contributed by atoms with Crippen LogP contribution in [-0.2, 0) is 0 Å². The van der Waals surface area contributed by atoms with Gasteiger partial charge in [-0.3, -0.25) is 0 Å². The standard InChI is InChI=1S/C68H36N12/c1-70-66-53(40-69)73-60-61-62(64-65(63(60)76-66)78-68(72-3)67(71-2)77-64)75-59(50-30-22-42(23-31-50)44-34-38-52(39-35-44)80-56-18-10-6-14-47(56)26-27-48-15-7-11-19-57(48)80)58(74-61)49-28-20-41(21-29-49)43-32-36-51(37-33-43)79-54-16-8-4-12-45(54)24-25-46-13-5-9-17-55(46)79/h4-39H. The van der Waals surface area contributed by atoms with Crippen LogP contribution in [0.1, 0.15) is 27.9 Å². The molecular weight excluding hydrogens is 985 g/mol. The van der Waals surface area contributed by atoms with E-state index in [2.05, 4.69) is 238 Å². The normalized spacial score (nSPS) is 12.1. The van der Waals surface area contributed by atoms with Crippen LogP contribution in [0.3, 0.4) is 0 Å². The molecule has 12 nitrogen and oxygen atoms in total. The van der Waals surface area contributed by atoms with E-state index in [9.17, 15) is 5.26 Å².